The van der Waals surface area contributed by atoms with Crippen molar-refractivity contribution >= 4 is 27.7 Å². The molecule has 0 aliphatic carbocycles. The molecule has 6 heteroatoms. The van der Waals surface area contributed by atoms with Crippen molar-refractivity contribution in [1.29, 1.82) is 0 Å². The van der Waals surface area contributed by atoms with Gasteiger partial charge in [-0.15, -0.1) is 0 Å². The number of hydrogen-bond acceptors (Lipinski definition) is 4. The molecule has 82 valence electrons. The average Bonchev–Trinajstić information content (AvgIpc) is 2.68. The van der Waals surface area contributed by atoms with Gasteiger partial charge in [0.1, 0.15) is 5.75 Å². The lowest BCUT2D eigenvalue weighted by Crippen LogP contribution is -2.11. The number of hydrogen-bond donors (Lipinski definition) is 2. The summed E-state index contributed by atoms with van der Waals surface area (Å²) in [5.74, 6) is 0.0154. The Hall–Kier alpha value is -1.82. The van der Waals surface area contributed by atoms with E-state index in [-0.39, 0.29) is 11.5 Å². The molecule has 0 spiro atoms. The molecule has 1 aromatic carbocycles. The van der Waals surface area contributed by atoms with E-state index in [2.05, 4.69) is 25.9 Å². The predicted molar refractivity (Wildman–Crippen MR) is 62.1 cm³/mol. The molecule has 0 saturated heterocycles. The standard InChI is InChI=1S/C10H8BrN3O2/c11-6-1-3-7(4-2-6)16-10(15)8-9(12)14-5-13-8/h1-5H,12H2,(H,13,14). The minimum Gasteiger partial charge on any atom is -0.422 e. The largest absolute Gasteiger partial charge is 0.422 e. The van der Waals surface area contributed by atoms with E-state index in [4.69, 9.17) is 10.5 Å². The molecule has 1 aromatic heterocycles. The van der Waals surface area contributed by atoms with Crippen molar-refractivity contribution in [3.8, 4) is 5.75 Å². The lowest BCUT2D eigenvalue weighted by atomic mass is 10.3. The van der Waals surface area contributed by atoms with Crippen LogP contribution in [0.4, 0.5) is 5.82 Å². The molecule has 2 aromatic rings. The van der Waals surface area contributed by atoms with Gasteiger partial charge in [-0.05, 0) is 24.3 Å². The highest BCUT2D eigenvalue weighted by atomic mass is 79.9. The van der Waals surface area contributed by atoms with Crippen molar-refractivity contribution in [2.24, 2.45) is 0 Å². The SMILES string of the molecule is Nc1nc[nH]c1C(=O)Oc1ccc(Br)cc1. The van der Waals surface area contributed by atoms with Gasteiger partial charge in [-0.1, -0.05) is 15.9 Å². The second kappa shape index (κ2) is 4.36. The Kier molecular flexibility index (Phi) is 2.91. The summed E-state index contributed by atoms with van der Waals surface area (Å²) >= 11 is 3.29. The van der Waals surface area contributed by atoms with Gasteiger partial charge in [-0.25, -0.2) is 9.78 Å². The van der Waals surface area contributed by atoms with Crippen molar-refractivity contribution in [2.75, 3.05) is 5.73 Å². The average molecular weight is 282 g/mol. The van der Waals surface area contributed by atoms with E-state index in [0.29, 0.717) is 5.75 Å². The summed E-state index contributed by atoms with van der Waals surface area (Å²) < 4.78 is 5.99. The summed E-state index contributed by atoms with van der Waals surface area (Å²) in [5.41, 5.74) is 5.62. The normalized spacial score (nSPS) is 10.1. The summed E-state index contributed by atoms with van der Waals surface area (Å²) in [6, 6.07) is 6.90. The number of imidazole rings is 1. The van der Waals surface area contributed by atoms with Gasteiger partial charge in [0, 0.05) is 4.47 Å². The summed E-state index contributed by atoms with van der Waals surface area (Å²) in [6.45, 7) is 0. The van der Waals surface area contributed by atoms with Gasteiger partial charge in [0.05, 0.1) is 6.33 Å². The molecular weight excluding hydrogens is 274 g/mol. The fraction of sp³-hybridized carbons (Fsp3) is 0. The summed E-state index contributed by atoms with van der Waals surface area (Å²) in [6.07, 6.45) is 1.34. The molecule has 1 heterocycles. The van der Waals surface area contributed by atoms with E-state index in [1.165, 1.54) is 6.33 Å². The highest BCUT2D eigenvalue weighted by Crippen LogP contribution is 2.17. The van der Waals surface area contributed by atoms with E-state index in [1.807, 2.05) is 0 Å². The van der Waals surface area contributed by atoms with Crippen molar-refractivity contribution in [3.05, 3.63) is 40.8 Å². The number of rotatable bonds is 2. The molecule has 0 radical (unpaired) electrons. The zero-order valence-corrected chi connectivity index (χ0v) is 9.69. The number of nitrogen functional groups attached to an aromatic ring is 1. The van der Waals surface area contributed by atoms with Gasteiger partial charge in [0.15, 0.2) is 11.5 Å². The van der Waals surface area contributed by atoms with Crippen molar-refractivity contribution in [1.82, 2.24) is 9.97 Å². The minimum atomic E-state index is -0.558. The number of halogens is 1. The number of aromatic nitrogens is 2. The number of carbonyl (C=O) groups excluding carboxylic acids is 1. The Balaban J connectivity index is 2.14. The minimum absolute atomic E-state index is 0.127. The Bertz CT molecular complexity index is 507. The monoisotopic (exact) mass is 281 g/mol. The molecule has 5 nitrogen and oxygen atoms in total. The number of nitrogens with one attached hydrogen (secondary N) is 1. The van der Waals surface area contributed by atoms with Crippen LogP contribution in [0.2, 0.25) is 0 Å². The Labute approximate surface area is 99.8 Å². The van der Waals surface area contributed by atoms with Crippen LogP contribution in [0.5, 0.6) is 5.75 Å². The van der Waals surface area contributed by atoms with Crippen LogP contribution < -0.4 is 10.5 Å². The van der Waals surface area contributed by atoms with Gasteiger partial charge in [-0.2, -0.15) is 0 Å². The van der Waals surface area contributed by atoms with Gasteiger partial charge in [0.2, 0.25) is 0 Å². The van der Waals surface area contributed by atoms with Crippen LogP contribution in [-0.2, 0) is 0 Å². The molecule has 0 aliphatic rings. The maximum absolute atomic E-state index is 11.6. The van der Waals surface area contributed by atoms with Crippen molar-refractivity contribution in [2.45, 2.75) is 0 Å². The quantitative estimate of drug-likeness (QED) is 0.651. The molecule has 0 amide bonds. The third kappa shape index (κ3) is 2.22. The molecule has 0 fully saturated rings. The molecule has 3 N–H and O–H groups in total. The second-order valence-electron chi connectivity index (χ2n) is 3.01. The fourth-order valence-electron chi connectivity index (χ4n) is 1.13. The first kappa shape index (κ1) is 10.7. The Morgan fingerprint density at radius 3 is 2.62 bits per heavy atom. The van der Waals surface area contributed by atoms with Gasteiger partial charge in [0.25, 0.3) is 0 Å². The fourth-order valence-corrected chi connectivity index (χ4v) is 1.39. The van der Waals surface area contributed by atoms with Crippen LogP contribution in [0, 0.1) is 0 Å². The molecule has 0 saturated carbocycles. The van der Waals surface area contributed by atoms with Crippen LogP contribution in [-0.4, -0.2) is 15.9 Å². The van der Waals surface area contributed by atoms with Gasteiger partial charge >= 0.3 is 5.97 Å². The molecule has 2 rings (SSSR count). The third-order valence-electron chi connectivity index (χ3n) is 1.90. The maximum Gasteiger partial charge on any atom is 0.364 e. The second-order valence-corrected chi connectivity index (χ2v) is 3.92. The van der Waals surface area contributed by atoms with E-state index < -0.39 is 5.97 Å². The molecule has 0 bridgehead atoms. The highest BCUT2D eigenvalue weighted by molar-refractivity contribution is 9.10. The number of ether oxygens (including phenoxy) is 1. The molecular formula is C10H8BrN3O2. The van der Waals surface area contributed by atoms with Crippen molar-refractivity contribution < 1.29 is 9.53 Å². The molecule has 16 heavy (non-hydrogen) atoms. The molecule has 0 aliphatic heterocycles. The molecule has 0 atom stereocenters. The van der Waals surface area contributed by atoms with Crippen LogP contribution in [0.15, 0.2) is 35.1 Å². The lowest BCUT2D eigenvalue weighted by molar-refractivity contribution is 0.0730. The first-order chi connectivity index (χ1) is 7.66. The van der Waals surface area contributed by atoms with E-state index in [0.717, 1.165) is 4.47 Å². The van der Waals surface area contributed by atoms with Crippen LogP contribution in [0.25, 0.3) is 0 Å². The van der Waals surface area contributed by atoms with E-state index >= 15 is 0 Å². The third-order valence-corrected chi connectivity index (χ3v) is 2.43. The number of benzene rings is 1. The first-order valence-electron chi connectivity index (χ1n) is 4.43. The topological polar surface area (TPSA) is 81.0 Å². The summed E-state index contributed by atoms with van der Waals surface area (Å²) in [5, 5.41) is 0. The number of nitrogens with zero attached hydrogens (tertiary/aromatic N) is 1. The predicted octanol–water partition coefficient (Wildman–Crippen LogP) is 1.97. The lowest BCUT2D eigenvalue weighted by Gasteiger charge is -2.02. The summed E-state index contributed by atoms with van der Waals surface area (Å²) in [4.78, 5) is 17.9. The number of aromatic amines is 1. The van der Waals surface area contributed by atoms with Crippen LogP contribution in [0.3, 0.4) is 0 Å². The number of anilines is 1. The van der Waals surface area contributed by atoms with Crippen molar-refractivity contribution in [3.63, 3.8) is 0 Å². The molecule has 0 unspecified atom stereocenters. The van der Waals surface area contributed by atoms with E-state index in [1.54, 1.807) is 24.3 Å². The van der Waals surface area contributed by atoms with Crippen LogP contribution >= 0.6 is 15.9 Å². The zero-order valence-electron chi connectivity index (χ0n) is 8.11. The number of esters is 1. The number of carbonyl (C=O) groups is 1. The summed E-state index contributed by atoms with van der Waals surface area (Å²) in [7, 11) is 0. The number of nitrogens with two attached hydrogens (primary N) is 1. The Morgan fingerprint density at radius 2 is 2.06 bits per heavy atom. The van der Waals surface area contributed by atoms with E-state index in [9.17, 15) is 4.79 Å². The first-order valence-corrected chi connectivity index (χ1v) is 5.22. The van der Waals surface area contributed by atoms with Gasteiger partial charge in [-0.3, -0.25) is 0 Å². The van der Waals surface area contributed by atoms with Crippen LogP contribution in [0.1, 0.15) is 10.5 Å². The smallest absolute Gasteiger partial charge is 0.364 e. The Morgan fingerprint density at radius 1 is 1.38 bits per heavy atom. The highest BCUT2D eigenvalue weighted by Gasteiger charge is 2.14. The zero-order chi connectivity index (χ0) is 11.5. The van der Waals surface area contributed by atoms with Gasteiger partial charge < -0.3 is 15.5 Å². The number of H-pyrrole nitrogens is 1. The maximum atomic E-state index is 11.6.